The molecule has 12 heteroatoms. The molecule has 0 unspecified atom stereocenters. The molecule has 0 radical (unpaired) electrons. The van der Waals surface area contributed by atoms with Gasteiger partial charge < -0.3 is 9.30 Å². The molecule has 1 fully saturated rings. The minimum Gasteiger partial charge on any atom is -0.495 e. The number of aromatic nitrogens is 3. The predicted molar refractivity (Wildman–Crippen MR) is 118 cm³/mol. The third-order valence-corrected chi connectivity index (χ3v) is 7.53. The number of halogens is 3. The number of alkyl halides is 3. The fourth-order valence-corrected chi connectivity index (χ4v) is 5.09. The summed E-state index contributed by atoms with van der Waals surface area (Å²) < 4.78 is 72.2. The van der Waals surface area contributed by atoms with E-state index in [-0.39, 0.29) is 6.04 Å². The molecule has 1 aliphatic rings. The van der Waals surface area contributed by atoms with Crippen LogP contribution in [0.25, 0.3) is 22.4 Å². The molecule has 0 bridgehead atoms. The van der Waals surface area contributed by atoms with E-state index >= 15 is 0 Å². The number of aryl methyl sites for hydroxylation is 1. The molecule has 1 aliphatic carbocycles. The molecule has 3 heterocycles. The molecule has 4 rings (SSSR count). The first-order valence-electron chi connectivity index (χ1n) is 10.5. The lowest BCUT2D eigenvalue weighted by Crippen LogP contribution is -2.42. The molecule has 0 aliphatic heterocycles. The molecular weight excluding hydrogens is 471 g/mol. The Balaban J connectivity index is 1.83. The number of nitriles is 1. The lowest BCUT2D eigenvalue weighted by molar-refractivity contribution is -0.147. The molecule has 8 nitrogen and oxygen atoms in total. The number of fused-ring (bicyclic) bond motifs is 1. The van der Waals surface area contributed by atoms with Gasteiger partial charge in [0.15, 0.2) is 0 Å². The van der Waals surface area contributed by atoms with Gasteiger partial charge in [-0.15, -0.1) is 0 Å². The molecule has 0 spiro atoms. The van der Waals surface area contributed by atoms with Gasteiger partial charge in [-0.05, 0) is 51.3 Å². The van der Waals surface area contributed by atoms with Crippen LogP contribution in [0.3, 0.4) is 0 Å². The zero-order valence-corrected chi connectivity index (χ0v) is 19.5. The highest BCUT2D eigenvalue weighted by Gasteiger charge is 2.39. The van der Waals surface area contributed by atoms with Crippen LogP contribution < -0.4 is 9.46 Å². The van der Waals surface area contributed by atoms with Crippen molar-refractivity contribution in [2.24, 2.45) is 0 Å². The van der Waals surface area contributed by atoms with Gasteiger partial charge in [0, 0.05) is 17.6 Å². The SMILES string of the molecule is COc1cc2c(C#N)c(-c3ccc(S(=O)(=O)N[C@H](C)C(F)(F)F)cn3)n(C3CCC3)c2nc1C. The average molecular weight is 494 g/mol. The Morgan fingerprint density at radius 2 is 2.03 bits per heavy atom. The number of hydrogen-bond acceptors (Lipinski definition) is 6. The van der Waals surface area contributed by atoms with Crippen LogP contribution in [-0.4, -0.2) is 42.3 Å². The Bertz CT molecular complexity index is 1390. The second kappa shape index (κ2) is 8.56. The first-order valence-corrected chi connectivity index (χ1v) is 12.0. The van der Waals surface area contributed by atoms with E-state index in [1.807, 2.05) is 4.57 Å². The summed E-state index contributed by atoms with van der Waals surface area (Å²) in [7, 11) is -2.94. The molecule has 0 amide bonds. The summed E-state index contributed by atoms with van der Waals surface area (Å²) in [4.78, 5) is 8.48. The number of nitrogens with one attached hydrogen (secondary N) is 1. The van der Waals surface area contributed by atoms with E-state index in [2.05, 4.69) is 16.0 Å². The van der Waals surface area contributed by atoms with E-state index in [0.29, 0.717) is 39.4 Å². The van der Waals surface area contributed by atoms with Gasteiger partial charge in [-0.2, -0.15) is 23.2 Å². The maximum atomic E-state index is 12.8. The van der Waals surface area contributed by atoms with Crippen LogP contribution in [0.15, 0.2) is 29.3 Å². The van der Waals surface area contributed by atoms with Crippen molar-refractivity contribution in [3.8, 4) is 23.2 Å². The van der Waals surface area contributed by atoms with E-state index in [1.54, 1.807) is 17.7 Å². The molecule has 1 N–H and O–H groups in total. The molecule has 3 aromatic heterocycles. The van der Waals surface area contributed by atoms with Crippen molar-refractivity contribution in [1.82, 2.24) is 19.3 Å². The van der Waals surface area contributed by atoms with Crippen molar-refractivity contribution >= 4 is 21.1 Å². The maximum Gasteiger partial charge on any atom is 0.404 e. The smallest absolute Gasteiger partial charge is 0.404 e. The van der Waals surface area contributed by atoms with Crippen LogP contribution in [0.1, 0.15) is 43.5 Å². The highest BCUT2D eigenvalue weighted by atomic mass is 32.2. The van der Waals surface area contributed by atoms with Gasteiger partial charge in [0.2, 0.25) is 10.0 Å². The fourth-order valence-electron chi connectivity index (χ4n) is 3.91. The Morgan fingerprint density at radius 1 is 1.32 bits per heavy atom. The van der Waals surface area contributed by atoms with Gasteiger partial charge in [-0.25, -0.2) is 13.4 Å². The zero-order chi connectivity index (χ0) is 24.8. The van der Waals surface area contributed by atoms with Crippen molar-refractivity contribution < 1.29 is 26.3 Å². The molecule has 0 aromatic carbocycles. The summed E-state index contributed by atoms with van der Waals surface area (Å²) in [5, 5.41) is 10.6. The lowest BCUT2D eigenvalue weighted by Gasteiger charge is -2.29. The summed E-state index contributed by atoms with van der Waals surface area (Å²) in [5.74, 6) is 0.528. The monoisotopic (exact) mass is 493 g/mol. The van der Waals surface area contributed by atoms with Crippen molar-refractivity contribution in [3.05, 3.63) is 35.7 Å². The number of nitrogens with zero attached hydrogens (tertiary/aromatic N) is 4. The van der Waals surface area contributed by atoms with Crippen LogP contribution in [0.2, 0.25) is 0 Å². The van der Waals surface area contributed by atoms with Crippen molar-refractivity contribution in [2.45, 2.75) is 56.3 Å². The number of sulfonamides is 1. The maximum absolute atomic E-state index is 12.8. The molecule has 1 atom stereocenters. The summed E-state index contributed by atoms with van der Waals surface area (Å²) in [5.41, 5.74) is 2.39. The average Bonchev–Trinajstić information content (AvgIpc) is 3.03. The van der Waals surface area contributed by atoms with Crippen LogP contribution in [-0.2, 0) is 10.0 Å². The first kappa shape index (κ1) is 24.0. The van der Waals surface area contributed by atoms with E-state index in [9.17, 15) is 26.9 Å². The van der Waals surface area contributed by atoms with Gasteiger partial charge in [0.05, 0.1) is 29.8 Å². The molecular formula is C22H22F3N5O3S. The van der Waals surface area contributed by atoms with Crippen molar-refractivity contribution in [1.29, 1.82) is 5.26 Å². The number of ether oxygens (including phenoxy) is 1. The van der Waals surface area contributed by atoms with Crippen LogP contribution >= 0.6 is 0 Å². The topological polar surface area (TPSA) is 110 Å². The number of pyridine rings is 2. The van der Waals surface area contributed by atoms with Gasteiger partial charge in [0.25, 0.3) is 0 Å². The lowest BCUT2D eigenvalue weighted by atomic mass is 9.92. The summed E-state index contributed by atoms with van der Waals surface area (Å²) in [6, 6.07) is 4.36. The summed E-state index contributed by atoms with van der Waals surface area (Å²) >= 11 is 0. The van der Waals surface area contributed by atoms with Crippen LogP contribution in [0.5, 0.6) is 5.75 Å². The van der Waals surface area contributed by atoms with Crippen molar-refractivity contribution in [3.63, 3.8) is 0 Å². The van der Waals surface area contributed by atoms with Crippen molar-refractivity contribution in [2.75, 3.05) is 7.11 Å². The molecule has 1 saturated carbocycles. The van der Waals surface area contributed by atoms with Gasteiger partial charge in [0.1, 0.15) is 28.4 Å². The third kappa shape index (κ3) is 4.10. The van der Waals surface area contributed by atoms with Gasteiger partial charge >= 0.3 is 6.18 Å². The second-order valence-electron chi connectivity index (χ2n) is 8.20. The van der Waals surface area contributed by atoms with Gasteiger partial charge in [-0.1, -0.05) is 0 Å². The molecule has 3 aromatic rings. The number of hydrogen-bond donors (Lipinski definition) is 1. The Hall–Kier alpha value is -3.17. The fraction of sp³-hybridized carbons (Fsp3) is 0.409. The van der Waals surface area contributed by atoms with Gasteiger partial charge in [-0.3, -0.25) is 4.98 Å². The van der Waals surface area contributed by atoms with Crippen LogP contribution in [0.4, 0.5) is 13.2 Å². The normalized spacial score (nSPS) is 15.7. The second-order valence-corrected chi connectivity index (χ2v) is 9.92. The largest absolute Gasteiger partial charge is 0.495 e. The Morgan fingerprint density at radius 3 is 2.53 bits per heavy atom. The van der Waals surface area contributed by atoms with E-state index in [1.165, 1.54) is 19.2 Å². The quantitative estimate of drug-likeness (QED) is 0.550. The summed E-state index contributed by atoms with van der Waals surface area (Å²) in [6.07, 6.45) is -0.934. The molecule has 0 saturated heterocycles. The third-order valence-electron chi connectivity index (χ3n) is 6.01. The van der Waals surface area contributed by atoms with E-state index < -0.39 is 27.1 Å². The predicted octanol–water partition coefficient (Wildman–Crippen LogP) is 4.24. The standard InChI is InChI=1S/C22H22F3N5O3S/c1-12-19(33-3)9-16-17(10-26)20(30(21(16)28-12)14-5-4-6-14)18-8-7-15(11-27-18)34(31,32)29-13(2)22(23,24)25/h7-9,11,13-14,29H,4-6H2,1-3H3/t13-/m1/s1. The highest BCUT2D eigenvalue weighted by Crippen LogP contribution is 2.42. The zero-order valence-electron chi connectivity index (χ0n) is 18.6. The summed E-state index contributed by atoms with van der Waals surface area (Å²) in [6.45, 7) is 2.52. The molecule has 34 heavy (non-hydrogen) atoms. The van der Waals surface area contributed by atoms with E-state index in [0.717, 1.165) is 32.4 Å². The molecule has 180 valence electrons. The Kier molecular flexibility index (Phi) is 6.03. The Labute approximate surface area is 194 Å². The van der Waals surface area contributed by atoms with E-state index in [4.69, 9.17) is 4.74 Å². The minimum absolute atomic E-state index is 0.0967. The number of rotatable bonds is 6. The first-order chi connectivity index (χ1) is 16.0. The highest BCUT2D eigenvalue weighted by molar-refractivity contribution is 7.89. The number of methoxy groups -OCH3 is 1. The van der Waals surface area contributed by atoms with Crippen LogP contribution in [0, 0.1) is 18.3 Å². The minimum atomic E-state index is -4.72.